The molecule has 0 radical (unpaired) electrons. The fourth-order valence-electron chi connectivity index (χ4n) is 0.842. The molecule has 0 aromatic heterocycles. The molecule has 0 saturated heterocycles. The first kappa shape index (κ1) is 15.6. The van der Waals surface area contributed by atoms with Crippen molar-refractivity contribution in [2.24, 2.45) is 0 Å². The van der Waals surface area contributed by atoms with Gasteiger partial charge in [-0.3, -0.25) is 0 Å². The molecule has 0 aliphatic rings. The Morgan fingerprint density at radius 1 is 1.14 bits per heavy atom. The molecule has 0 fully saturated rings. The quantitative estimate of drug-likeness (QED) is 0.643. The van der Waals surface area contributed by atoms with Crippen LogP contribution < -0.4 is 5.46 Å². The van der Waals surface area contributed by atoms with E-state index in [4.69, 9.17) is 7.85 Å². The molecule has 4 nitrogen and oxygen atoms in total. The smallest absolute Gasteiger partial charge is 0.870 e. The molecule has 0 atom stereocenters. The monoisotopic (exact) mass is 214 g/mol. The largest absolute Gasteiger partial charge is 0.870 e. The molecule has 0 unspecified atom stereocenters. The number of hydrogen-bond acceptors (Lipinski definition) is 4. The van der Waals surface area contributed by atoms with Crippen molar-refractivity contribution in [3.8, 4) is 0 Å². The third kappa shape index (κ3) is 3.49. The summed E-state index contributed by atoms with van der Waals surface area (Å²) in [7, 11) is 2.35. The number of benzene rings is 1. The average Bonchev–Trinajstić information content (AvgIpc) is 2.05. The molecule has 0 aliphatic heterocycles. The van der Waals surface area contributed by atoms with Gasteiger partial charge in [-0.1, -0.05) is 0 Å². The van der Waals surface area contributed by atoms with Crippen LogP contribution in [0, 0.1) is 0 Å². The Labute approximate surface area is 84.9 Å². The van der Waals surface area contributed by atoms with Gasteiger partial charge in [-0.25, -0.2) is 0 Å². The van der Waals surface area contributed by atoms with Crippen molar-refractivity contribution < 1.29 is 19.4 Å². The fraction of sp³-hybridized carbons (Fsp3) is 0.250. The van der Waals surface area contributed by atoms with Crippen LogP contribution >= 0.6 is 0 Å². The first-order chi connectivity index (χ1) is 5.56. The van der Waals surface area contributed by atoms with Gasteiger partial charge in [0, 0.05) is 0 Å². The predicted octanol–water partition coefficient (Wildman–Crippen LogP) is -0.0796. The Balaban J connectivity index is 0. The molecule has 0 heterocycles. The molecule has 1 aromatic carbocycles. The van der Waals surface area contributed by atoms with Crippen LogP contribution in [0.2, 0.25) is 0 Å². The SMILES string of the molecule is [B+2]c1ccc(S(=O)(=O)CC)cc1.[OH-].[OH-]. The average molecular weight is 214 g/mol. The summed E-state index contributed by atoms with van der Waals surface area (Å²) in [5, 5.41) is 0. The Hall–Kier alpha value is -0.845. The standard InChI is InChI=1S/C8H9BO2S.2H2O/c1-2-12(10,11)8-5-3-7(9)4-6-8;;/h3-6H,2H2,1H3;2*1H2/q+2;;/p-2. The zero-order valence-corrected chi connectivity index (χ0v) is 8.53. The molecule has 0 amide bonds. The van der Waals surface area contributed by atoms with Gasteiger partial charge in [-0.2, -0.15) is 0 Å². The summed E-state index contributed by atoms with van der Waals surface area (Å²) < 4.78 is 22.5. The van der Waals surface area contributed by atoms with Crippen molar-refractivity contribution in [3.63, 3.8) is 0 Å². The van der Waals surface area contributed by atoms with Crippen LogP contribution in [0.5, 0.6) is 0 Å². The Kier molecular flexibility index (Phi) is 6.47. The van der Waals surface area contributed by atoms with Gasteiger partial charge >= 0.3 is 73.4 Å². The van der Waals surface area contributed by atoms with Gasteiger partial charge in [-0.05, 0) is 0 Å². The van der Waals surface area contributed by atoms with E-state index < -0.39 is 9.84 Å². The van der Waals surface area contributed by atoms with E-state index in [0.717, 1.165) is 0 Å². The van der Waals surface area contributed by atoms with Crippen molar-refractivity contribution in [2.75, 3.05) is 5.75 Å². The van der Waals surface area contributed by atoms with Gasteiger partial charge in [0.15, 0.2) is 0 Å². The molecule has 76 valence electrons. The van der Waals surface area contributed by atoms with Gasteiger partial charge in [0.2, 0.25) is 0 Å². The zero-order chi connectivity index (χ0) is 9.19. The molecule has 0 aliphatic carbocycles. The second-order valence-corrected chi connectivity index (χ2v) is 4.75. The van der Waals surface area contributed by atoms with E-state index >= 15 is 0 Å². The maximum absolute atomic E-state index is 11.3. The Morgan fingerprint density at radius 2 is 1.57 bits per heavy atom. The Bertz CT molecular complexity index is 357. The molecule has 14 heavy (non-hydrogen) atoms. The summed E-state index contributed by atoms with van der Waals surface area (Å²) in [5.74, 6) is 0.122. The van der Waals surface area contributed by atoms with E-state index in [0.29, 0.717) is 10.4 Å². The maximum atomic E-state index is 11.3. The minimum absolute atomic E-state index is 0. The van der Waals surface area contributed by atoms with Crippen molar-refractivity contribution in [1.29, 1.82) is 0 Å². The first-order valence-corrected chi connectivity index (χ1v) is 5.30. The van der Waals surface area contributed by atoms with Gasteiger partial charge in [0.25, 0.3) is 0 Å². The van der Waals surface area contributed by atoms with Crippen LogP contribution in [0.1, 0.15) is 6.92 Å². The number of rotatable bonds is 2. The summed E-state index contributed by atoms with van der Waals surface area (Å²) in [4.78, 5) is 0.333. The topological polar surface area (TPSA) is 94.1 Å². The molecule has 0 spiro atoms. The van der Waals surface area contributed by atoms with Crippen molar-refractivity contribution in [3.05, 3.63) is 24.3 Å². The van der Waals surface area contributed by atoms with E-state index in [1.54, 1.807) is 19.1 Å². The van der Waals surface area contributed by atoms with Crippen LogP contribution in [0.3, 0.4) is 0 Å². The van der Waals surface area contributed by atoms with E-state index in [1.165, 1.54) is 12.1 Å². The molecular weight excluding hydrogens is 203 g/mol. The van der Waals surface area contributed by atoms with Crippen molar-refractivity contribution in [1.82, 2.24) is 0 Å². The molecule has 0 saturated carbocycles. The minimum Gasteiger partial charge on any atom is -0.870 e. The van der Waals surface area contributed by atoms with E-state index in [2.05, 4.69) is 0 Å². The first-order valence-electron chi connectivity index (χ1n) is 3.64. The maximum Gasteiger partial charge on any atom is -0.870 e. The third-order valence-electron chi connectivity index (χ3n) is 1.62. The molecular formula is C8H11BO4S. The van der Waals surface area contributed by atoms with Crippen LogP contribution in [-0.4, -0.2) is 33.0 Å². The third-order valence-corrected chi connectivity index (χ3v) is 3.37. The summed E-state index contributed by atoms with van der Waals surface area (Å²) in [5.41, 5.74) is 0.574. The molecule has 6 heteroatoms. The van der Waals surface area contributed by atoms with Gasteiger partial charge < -0.3 is 11.0 Å². The molecule has 1 rings (SSSR count). The minimum atomic E-state index is -3.07. The van der Waals surface area contributed by atoms with Crippen LogP contribution in [0.15, 0.2) is 29.2 Å². The van der Waals surface area contributed by atoms with Crippen LogP contribution in [-0.2, 0) is 9.84 Å². The van der Waals surface area contributed by atoms with E-state index in [1.807, 2.05) is 0 Å². The van der Waals surface area contributed by atoms with Gasteiger partial charge in [0.05, 0.1) is 0 Å². The predicted molar refractivity (Wildman–Crippen MR) is 53.4 cm³/mol. The van der Waals surface area contributed by atoms with E-state index in [9.17, 15) is 8.42 Å². The summed E-state index contributed by atoms with van der Waals surface area (Å²) in [6.07, 6.45) is 0. The van der Waals surface area contributed by atoms with Crippen molar-refractivity contribution in [2.45, 2.75) is 11.8 Å². The van der Waals surface area contributed by atoms with Crippen molar-refractivity contribution >= 4 is 23.1 Å². The molecule has 1 aromatic rings. The molecule has 2 N–H and O–H groups in total. The van der Waals surface area contributed by atoms with Gasteiger partial charge in [-0.15, -0.1) is 0 Å². The fourth-order valence-corrected chi connectivity index (χ4v) is 1.73. The second-order valence-electron chi connectivity index (χ2n) is 2.47. The summed E-state index contributed by atoms with van der Waals surface area (Å²) >= 11 is 0. The second kappa shape index (κ2) is 5.80. The van der Waals surface area contributed by atoms with Crippen LogP contribution in [0.25, 0.3) is 0 Å². The number of sulfone groups is 1. The van der Waals surface area contributed by atoms with Gasteiger partial charge in [0.1, 0.15) is 0 Å². The summed E-state index contributed by atoms with van der Waals surface area (Å²) in [6.45, 7) is 1.62. The summed E-state index contributed by atoms with van der Waals surface area (Å²) in [6, 6.07) is 6.22. The molecule has 0 bridgehead atoms. The van der Waals surface area contributed by atoms with Crippen LogP contribution in [0.4, 0.5) is 0 Å². The normalized spacial score (nSPS) is 9.93. The number of hydrogen-bond donors (Lipinski definition) is 0. The zero-order valence-electron chi connectivity index (χ0n) is 7.71. The Morgan fingerprint density at radius 3 is 1.93 bits per heavy atom. The van der Waals surface area contributed by atoms with E-state index in [-0.39, 0.29) is 16.7 Å².